The standard InChI is InChI=1S/C21H21ClN2O5S2/c1-2-28-16-9-5-15(6-10-16)24-18-12-31(26,27)13-19(18)30-21(24)23-20(25)11-29-17-7-3-14(22)4-8-17/h3-10,18-19H,2,11-13H2,1H3/t18-,19-/m1/s1. The van der Waals surface area contributed by atoms with Gasteiger partial charge in [-0.05, 0) is 55.5 Å². The molecule has 0 aliphatic carbocycles. The van der Waals surface area contributed by atoms with Crippen molar-refractivity contribution < 1.29 is 22.7 Å². The first-order chi connectivity index (χ1) is 14.8. The number of hydrogen-bond acceptors (Lipinski definition) is 6. The van der Waals surface area contributed by atoms with Crippen LogP contribution in [0.2, 0.25) is 5.02 Å². The number of sulfone groups is 1. The van der Waals surface area contributed by atoms with E-state index in [2.05, 4.69) is 4.99 Å². The Morgan fingerprint density at radius 2 is 1.74 bits per heavy atom. The van der Waals surface area contributed by atoms with E-state index in [0.717, 1.165) is 11.4 Å². The second-order valence-electron chi connectivity index (χ2n) is 7.13. The van der Waals surface area contributed by atoms with Gasteiger partial charge in [-0.15, -0.1) is 0 Å². The third kappa shape index (κ3) is 5.16. The first-order valence-electron chi connectivity index (χ1n) is 9.74. The minimum Gasteiger partial charge on any atom is -0.494 e. The molecule has 31 heavy (non-hydrogen) atoms. The Hall–Kier alpha value is -2.23. The van der Waals surface area contributed by atoms with Crippen LogP contribution in [0, 0.1) is 0 Å². The number of anilines is 1. The first kappa shape index (κ1) is 22.0. The predicted molar refractivity (Wildman–Crippen MR) is 123 cm³/mol. The van der Waals surface area contributed by atoms with Crippen LogP contribution >= 0.6 is 23.4 Å². The predicted octanol–water partition coefficient (Wildman–Crippen LogP) is 3.42. The van der Waals surface area contributed by atoms with Crippen LogP contribution in [0.1, 0.15) is 6.92 Å². The van der Waals surface area contributed by atoms with Crippen molar-refractivity contribution >= 4 is 50.0 Å². The van der Waals surface area contributed by atoms with E-state index in [1.54, 1.807) is 24.3 Å². The highest BCUT2D eigenvalue weighted by Gasteiger charge is 2.49. The van der Waals surface area contributed by atoms with E-state index in [0.29, 0.717) is 22.5 Å². The van der Waals surface area contributed by atoms with Crippen molar-refractivity contribution in [3.05, 3.63) is 53.6 Å². The number of nitrogens with zero attached hydrogens (tertiary/aromatic N) is 2. The topological polar surface area (TPSA) is 85.3 Å². The molecule has 2 aliphatic rings. The number of halogens is 1. The average Bonchev–Trinajstić information content (AvgIpc) is 3.19. The minimum absolute atomic E-state index is 0.0341. The molecule has 2 atom stereocenters. The molecule has 164 valence electrons. The lowest BCUT2D eigenvalue weighted by Gasteiger charge is -2.24. The third-order valence-electron chi connectivity index (χ3n) is 4.89. The monoisotopic (exact) mass is 480 g/mol. The summed E-state index contributed by atoms with van der Waals surface area (Å²) in [6, 6.07) is 13.8. The second kappa shape index (κ2) is 9.10. The van der Waals surface area contributed by atoms with Gasteiger partial charge in [0, 0.05) is 16.0 Å². The summed E-state index contributed by atoms with van der Waals surface area (Å²) in [7, 11) is -3.13. The Bertz CT molecular complexity index is 1090. The molecule has 0 saturated carbocycles. The molecule has 0 bridgehead atoms. The molecule has 2 heterocycles. The van der Waals surface area contributed by atoms with Gasteiger partial charge in [0.15, 0.2) is 21.6 Å². The Labute approximate surface area is 190 Å². The molecular formula is C21H21ClN2O5S2. The maximum atomic E-state index is 12.5. The van der Waals surface area contributed by atoms with Crippen molar-refractivity contribution in [3.8, 4) is 11.5 Å². The van der Waals surface area contributed by atoms with Crippen LogP contribution in [0.5, 0.6) is 11.5 Å². The summed E-state index contributed by atoms with van der Waals surface area (Å²) in [5.74, 6) is 0.899. The summed E-state index contributed by atoms with van der Waals surface area (Å²) in [6.45, 7) is 2.23. The summed E-state index contributed by atoms with van der Waals surface area (Å²) in [6.07, 6.45) is 0. The van der Waals surface area contributed by atoms with E-state index in [4.69, 9.17) is 21.1 Å². The molecule has 2 aromatic carbocycles. The molecule has 2 fully saturated rings. The number of carbonyl (C=O) groups is 1. The van der Waals surface area contributed by atoms with E-state index >= 15 is 0 Å². The van der Waals surface area contributed by atoms with Crippen molar-refractivity contribution in [3.63, 3.8) is 0 Å². The number of carbonyl (C=O) groups excluding carboxylic acids is 1. The van der Waals surface area contributed by atoms with E-state index in [9.17, 15) is 13.2 Å². The number of aliphatic imine (C=N–C) groups is 1. The number of ether oxygens (including phenoxy) is 2. The fourth-order valence-corrected chi connectivity index (χ4v) is 7.61. The number of fused-ring (bicyclic) bond motifs is 1. The average molecular weight is 481 g/mol. The molecule has 0 unspecified atom stereocenters. The summed E-state index contributed by atoms with van der Waals surface area (Å²) in [4.78, 5) is 18.6. The molecule has 2 aromatic rings. The SMILES string of the molecule is CCOc1ccc(N2C(=NC(=O)COc3ccc(Cl)cc3)S[C@@H]3CS(=O)(=O)C[C@H]32)cc1. The minimum atomic E-state index is -3.13. The van der Waals surface area contributed by atoms with E-state index < -0.39 is 15.7 Å². The van der Waals surface area contributed by atoms with Crippen molar-refractivity contribution in [2.24, 2.45) is 4.99 Å². The van der Waals surface area contributed by atoms with Gasteiger partial charge in [0.2, 0.25) is 0 Å². The lowest BCUT2D eigenvalue weighted by Crippen LogP contribution is -2.37. The van der Waals surface area contributed by atoms with Crippen molar-refractivity contribution in [2.75, 3.05) is 29.6 Å². The van der Waals surface area contributed by atoms with Gasteiger partial charge in [-0.2, -0.15) is 4.99 Å². The third-order valence-corrected chi connectivity index (χ3v) is 8.35. The fraction of sp³-hybridized carbons (Fsp3) is 0.333. The Morgan fingerprint density at radius 1 is 1.10 bits per heavy atom. The molecular weight excluding hydrogens is 460 g/mol. The number of benzene rings is 2. The number of amidine groups is 1. The zero-order valence-corrected chi connectivity index (χ0v) is 19.1. The van der Waals surface area contributed by atoms with Crippen LogP contribution < -0.4 is 14.4 Å². The largest absolute Gasteiger partial charge is 0.494 e. The van der Waals surface area contributed by atoms with E-state index in [-0.39, 0.29) is 29.4 Å². The molecule has 1 amide bonds. The zero-order chi connectivity index (χ0) is 22.0. The zero-order valence-electron chi connectivity index (χ0n) is 16.7. The van der Waals surface area contributed by atoms with Crippen LogP contribution in [0.15, 0.2) is 53.5 Å². The van der Waals surface area contributed by atoms with Gasteiger partial charge in [0.25, 0.3) is 5.91 Å². The van der Waals surface area contributed by atoms with E-state index in [1.807, 2.05) is 36.1 Å². The van der Waals surface area contributed by atoms with Gasteiger partial charge in [0.1, 0.15) is 11.5 Å². The Morgan fingerprint density at radius 3 is 2.42 bits per heavy atom. The molecule has 10 heteroatoms. The van der Waals surface area contributed by atoms with Gasteiger partial charge in [-0.25, -0.2) is 8.42 Å². The molecule has 2 saturated heterocycles. The molecule has 0 N–H and O–H groups in total. The van der Waals surface area contributed by atoms with Crippen LogP contribution in [0.4, 0.5) is 5.69 Å². The van der Waals surface area contributed by atoms with Gasteiger partial charge in [-0.1, -0.05) is 23.4 Å². The maximum Gasteiger partial charge on any atom is 0.285 e. The molecule has 4 rings (SSSR count). The number of rotatable bonds is 6. The summed E-state index contributed by atoms with van der Waals surface area (Å²) in [5, 5.41) is 0.896. The molecule has 0 aromatic heterocycles. The Balaban J connectivity index is 1.54. The van der Waals surface area contributed by atoms with Crippen LogP contribution in [-0.4, -0.2) is 55.5 Å². The van der Waals surface area contributed by atoms with Crippen LogP contribution in [-0.2, 0) is 14.6 Å². The lowest BCUT2D eigenvalue weighted by atomic mass is 10.2. The summed E-state index contributed by atoms with van der Waals surface area (Å²) < 4.78 is 35.3. The van der Waals surface area contributed by atoms with Gasteiger partial charge < -0.3 is 14.4 Å². The molecule has 2 aliphatic heterocycles. The molecule has 0 spiro atoms. The van der Waals surface area contributed by atoms with Crippen molar-refractivity contribution in [1.82, 2.24) is 0 Å². The smallest absolute Gasteiger partial charge is 0.285 e. The quantitative estimate of drug-likeness (QED) is 0.626. The van der Waals surface area contributed by atoms with Gasteiger partial charge in [0.05, 0.1) is 24.2 Å². The van der Waals surface area contributed by atoms with Crippen LogP contribution in [0.3, 0.4) is 0 Å². The van der Waals surface area contributed by atoms with Crippen molar-refractivity contribution in [2.45, 2.75) is 18.2 Å². The first-order valence-corrected chi connectivity index (χ1v) is 12.8. The van der Waals surface area contributed by atoms with Gasteiger partial charge >= 0.3 is 0 Å². The Kier molecular flexibility index (Phi) is 6.45. The summed E-state index contributed by atoms with van der Waals surface area (Å²) >= 11 is 7.18. The summed E-state index contributed by atoms with van der Waals surface area (Å²) in [5.41, 5.74) is 0.769. The number of amides is 1. The van der Waals surface area contributed by atoms with E-state index in [1.165, 1.54) is 11.8 Å². The lowest BCUT2D eigenvalue weighted by molar-refractivity contribution is -0.119. The normalized spacial score (nSPS) is 23.0. The molecule has 7 nitrogen and oxygen atoms in total. The number of hydrogen-bond donors (Lipinski definition) is 0. The highest BCUT2D eigenvalue weighted by atomic mass is 35.5. The number of thioether (sulfide) groups is 1. The highest BCUT2D eigenvalue weighted by Crippen LogP contribution is 2.41. The van der Waals surface area contributed by atoms with Crippen molar-refractivity contribution in [1.29, 1.82) is 0 Å². The highest BCUT2D eigenvalue weighted by molar-refractivity contribution is 8.16. The van der Waals surface area contributed by atoms with Gasteiger partial charge in [-0.3, -0.25) is 4.79 Å². The van der Waals surface area contributed by atoms with Crippen LogP contribution in [0.25, 0.3) is 0 Å². The maximum absolute atomic E-state index is 12.5. The fourth-order valence-electron chi connectivity index (χ4n) is 3.55. The second-order valence-corrected chi connectivity index (χ2v) is 10.9. The molecule has 0 radical (unpaired) electrons.